The first kappa shape index (κ1) is 9.63. The lowest BCUT2D eigenvalue weighted by Crippen LogP contribution is -2.08. The Morgan fingerprint density at radius 2 is 1.94 bits per heavy atom. The minimum Gasteiger partial charge on any atom is -0.390 e. The highest BCUT2D eigenvalue weighted by Gasteiger charge is 2.34. The van der Waals surface area contributed by atoms with E-state index in [0.29, 0.717) is 4.63 Å². The van der Waals surface area contributed by atoms with E-state index in [9.17, 15) is 20.2 Å². The molecule has 12 heteroatoms. The van der Waals surface area contributed by atoms with Crippen LogP contribution in [0.25, 0.3) is 5.65 Å². The maximum absolute atomic E-state index is 10.6. The number of nitrogen functional groups attached to an aromatic ring is 1. The van der Waals surface area contributed by atoms with Crippen LogP contribution in [-0.4, -0.2) is 35.1 Å². The van der Waals surface area contributed by atoms with Crippen LogP contribution in [-0.2, 0) is 0 Å². The minimum absolute atomic E-state index is 0.211. The Hall–Kier alpha value is -2.92. The van der Waals surface area contributed by atoms with Crippen molar-refractivity contribution in [3.63, 3.8) is 0 Å². The number of aromatic nitrogens is 5. The topological polar surface area (TPSA) is 168 Å². The van der Waals surface area contributed by atoms with E-state index in [2.05, 4.69) is 20.6 Å². The Morgan fingerprint density at radius 3 is 2.50 bits per heavy atom. The van der Waals surface area contributed by atoms with Crippen LogP contribution in [0.5, 0.6) is 0 Å². The van der Waals surface area contributed by atoms with Crippen LogP contribution in [0.15, 0.2) is 0 Å². The Bertz CT molecular complexity index is 603. The predicted molar refractivity (Wildman–Crippen MR) is 46.3 cm³/mol. The van der Waals surface area contributed by atoms with Gasteiger partial charge in [-0.2, -0.15) is 0 Å². The van der Waals surface area contributed by atoms with Crippen molar-refractivity contribution in [3.05, 3.63) is 20.2 Å². The van der Waals surface area contributed by atoms with E-state index in [1.165, 1.54) is 0 Å². The lowest BCUT2D eigenvalue weighted by molar-refractivity contribution is -0.425. The van der Waals surface area contributed by atoms with Crippen LogP contribution in [0, 0.1) is 20.2 Å². The lowest BCUT2D eigenvalue weighted by atomic mass is 10.3. The third-order valence-electron chi connectivity index (χ3n) is 1.71. The van der Waals surface area contributed by atoms with Crippen molar-refractivity contribution in [2.45, 2.75) is 0 Å². The van der Waals surface area contributed by atoms with Gasteiger partial charge in [-0.15, -0.1) is 5.10 Å². The zero-order chi connectivity index (χ0) is 11.9. The summed E-state index contributed by atoms with van der Waals surface area (Å²) in [6.07, 6.45) is 0. The minimum atomic E-state index is -1.03. The Kier molecular flexibility index (Phi) is 1.83. The second-order valence-electron chi connectivity index (χ2n) is 2.59. The van der Waals surface area contributed by atoms with Crippen molar-refractivity contribution >= 4 is 22.8 Å². The van der Waals surface area contributed by atoms with Crippen molar-refractivity contribution in [1.29, 1.82) is 0 Å². The van der Waals surface area contributed by atoms with Gasteiger partial charge in [-0.25, -0.2) is 0 Å². The van der Waals surface area contributed by atoms with E-state index in [-0.39, 0.29) is 5.65 Å². The third-order valence-corrected chi connectivity index (χ3v) is 1.71. The summed E-state index contributed by atoms with van der Waals surface area (Å²) in [5.41, 5.74) is 3.72. The number of fused-ring (bicyclic) bond motifs is 1. The molecule has 0 atom stereocenters. The van der Waals surface area contributed by atoms with E-state index in [1.54, 1.807) is 0 Å². The highest BCUT2D eigenvalue weighted by molar-refractivity contribution is 5.78. The smallest absolute Gasteiger partial charge is 0.390 e. The molecule has 2 aromatic heterocycles. The summed E-state index contributed by atoms with van der Waals surface area (Å²) in [6, 6.07) is 0. The number of rotatable bonds is 2. The normalized spacial score (nSPS) is 10.5. The number of nitro groups is 2. The molecule has 82 valence electrons. The molecule has 12 nitrogen and oxygen atoms in total. The van der Waals surface area contributed by atoms with Gasteiger partial charge in [-0.3, -0.25) is 10.1 Å². The van der Waals surface area contributed by atoms with E-state index in [1.807, 2.05) is 0 Å². The fourth-order valence-electron chi connectivity index (χ4n) is 1.08. The number of anilines is 1. The van der Waals surface area contributed by atoms with Crippen molar-refractivity contribution < 1.29 is 9.85 Å². The van der Waals surface area contributed by atoms with Crippen molar-refractivity contribution in [2.75, 3.05) is 5.73 Å². The molecule has 2 N–H and O–H groups in total. The molecule has 16 heavy (non-hydrogen) atoms. The highest BCUT2D eigenvalue weighted by atomic mass is 16.6. The molecule has 0 fully saturated rings. The lowest BCUT2D eigenvalue weighted by Gasteiger charge is -1.96. The number of tetrazole rings is 1. The molecule has 2 aromatic rings. The molecule has 0 saturated carbocycles. The number of nitrogens with two attached hydrogens (primary N) is 1. The van der Waals surface area contributed by atoms with Gasteiger partial charge >= 0.3 is 11.5 Å². The molecule has 0 aromatic carbocycles. The van der Waals surface area contributed by atoms with Gasteiger partial charge in [-0.05, 0) is 20.0 Å². The summed E-state index contributed by atoms with van der Waals surface area (Å²) in [5.74, 6) is -1.01. The predicted octanol–water partition coefficient (Wildman–Crippen LogP) is -1.08. The quantitative estimate of drug-likeness (QED) is 0.493. The summed E-state index contributed by atoms with van der Waals surface area (Å²) in [4.78, 5) is 19.1. The monoisotopic (exact) mass is 226 g/mol. The van der Waals surface area contributed by atoms with Crippen LogP contribution in [0.4, 0.5) is 17.2 Å². The molecule has 0 radical (unpaired) electrons. The summed E-state index contributed by atoms with van der Waals surface area (Å²) in [7, 11) is 0. The van der Waals surface area contributed by atoms with Crippen LogP contribution in [0.1, 0.15) is 0 Å². The van der Waals surface area contributed by atoms with Crippen LogP contribution < -0.4 is 5.73 Å². The first-order valence-corrected chi connectivity index (χ1v) is 3.69. The fraction of sp³-hybridized carbons (Fsp3) is 0. The number of nitrogens with zero attached hydrogens (tertiary/aromatic N) is 7. The molecule has 0 bridgehead atoms. The van der Waals surface area contributed by atoms with Gasteiger partial charge < -0.3 is 15.8 Å². The summed E-state index contributed by atoms with van der Waals surface area (Å²) >= 11 is 0. The van der Waals surface area contributed by atoms with Crippen molar-refractivity contribution in [2.24, 2.45) is 0 Å². The average molecular weight is 226 g/mol. The van der Waals surface area contributed by atoms with E-state index in [4.69, 9.17) is 5.73 Å². The van der Waals surface area contributed by atoms with Crippen molar-refractivity contribution in [1.82, 2.24) is 25.3 Å². The maximum Gasteiger partial charge on any atom is 0.470 e. The van der Waals surface area contributed by atoms with Crippen LogP contribution >= 0.6 is 0 Å². The zero-order valence-electron chi connectivity index (χ0n) is 7.34. The van der Waals surface area contributed by atoms with E-state index in [0.717, 1.165) is 0 Å². The zero-order valence-corrected chi connectivity index (χ0v) is 7.34. The highest BCUT2D eigenvalue weighted by Crippen LogP contribution is 2.31. The standard InChI is InChI=1S/C4H2N8O4/c5-1-2(11(13)14)4(12(15)16)7-10-3(1)6-8-9-10/h5H2. The van der Waals surface area contributed by atoms with Gasteiger partial charge in [0, 0.05) is 0 Å². The fourth-order valence-corrected chi connectivity index (χ4v) is 1.08. The molecule has 2 heterocycles. The second kappa shape index (κ2) is 3.04. The molecular formula is C4H2N8O4. The Labute approximate surface area is 84.9 Å². The molecule has 2 rings (SSSR count). The average Bonchev–Trinajstić information content (AvgIpc) is 2.64. The Morgan fingerprint density at radius 1 is 1.25 bits per heavy atom. The first-order chi connectivity index (χ1) is 7.52. The molecule has 0 amide bonds. The molecule has 0 aliphatic carbocycles. The molecular weight excluding hydrogens is 224 g/mol. The van der Waals surface area contributed by atoms with Gasteiger partial charge in [0.15, 0.2) is 5.69 Å². The Balaban J connectivity index is 2.91. The van der Waals surface area contributed by atoms with Gasteiger partial charge in [0.2, 0.25) is 0 Å². The van der Waals surface area contributed by atoms with Gasteiger partial charge in [0.25, 0.3) is 5.65 Å². The van der Waals surface area contributed by atoms with E-state index < -0.39 is 27.0 Å². The van der Waals surface area contributed by atoms with Gasteiger partial charge in [0.05, 0.1) is 10.0 Å². The first-order valence-electron chi connectivity index (χ1n) is 3.69. The van der Waals surface area contributed by atoms with Crippen molar-refractivity contribution in [3.8, 4) is 0 Å². The number of hydrogen-bond acceptors (Lipinski definition) is 9. The SMILES string of the molecule is Nc1c([N+](=O)[O-])c([N+](=O)[O-])nn2nnnc12. The number of hydrogen-bond donors (Lipinski definition) is 1. The molecule has 0 saturated heterocycles. The molecule has 0 spiro atoms. The second-order valence-corrected chi connectivity index (χ2v) is 2.59. The largest absolute Gasteiger partial charge is 0.470 e. The third kappa shape index (κ3) is 1.17. The van der Waals surface area contributed by atoms with Crippen LogP contribution in [0.2, 0.25) is 0 Å². The summed E-state index contributed by atoms with van der Waals surface area (Å²) in [5, 5.41) is 34.2. The summed E-state index contributed by atoms with van der Waals surface area (Å²) < 4.78 is 0.653. The van der Waals surface area contributed by atoms with Gasteiger partial charge in [0.1, 0.15) is 0 Å². The van der Waals surface area contributed by atoms with Crippen LogP contribution in [0.3, 0.4) is 0 Å². The van der Waals surface area contributed by atoms with E-state index >= 15 is 0 Å². The maximum atomic E-state index is 10.6. The molecule has 0 aliphatic heterocycles. The molecule has 0 aliphatic rings. The van der Waals surface area contributed by atoms with Gasteiger partial charge in [-0.1, -0.05) is 0 Å². The summed E-state index contributed by atoms with van der Waals surface area (Å²) in [6.45, 7) is 0. The molecule has 0 unspecified atom stereocenters.